The van der Waals surface area contributed by atoms with E-state index in [0.717, 1.165) is 4.90 Å². The van der Waals surface area contributed by atoms with E-state index in [0.29, 0.717) is 22.0 Å². The van der Waals surface area contributed by atoms with E-state index in [1.165, 1.54) is 49.1 Å². The molecule has 0 fully saturated rings. The van der Waals surface area contributed by atoms with Crippen LogP contribution in [0.3, 0.4) is 0 Å². The Morgan fingerprint density at radius 3 is 2.09 bits per heavy atom. The predicted octanol–water partition coefficient (Wildman–Crippen LogP) is 4.13. The Bertz CT molecular complexity index is 1220. The number of aromatic nitrogens is 1. The lowest BCUT2D eigenvalue weighted by Crippen LogP contribution is -2.30. The van der Waals surface area contributed by atoms with Crippen molar-refractivity contribution in [2.75, 3.05) is 10.0 Å². The summed E-state index contributed by atoms with van der Waals surface area (Å²) >= 11 is 1.40. The average Bonchev–Trinajstić information content (AvgIpc) is 2.75. The molecule has 2 aromatic carbocycles. The highest BCUT2D eigenvalue weighted by atomic mass is 32.2. The molecule has 0 spiro atoms. The minimum atomic E-state index is -3.77. The van der Waals surface area contributed by atoms with Crippen LogP contribution >= 0.6 is 11.8 Å². The van der Waals surface area contributed by atoms with Crippen molar-refractivity contribution in [2.45, 2.75) is 41.6 Å². The Morgan fingerprint density at radius 2 is 1.55 bits per heavy atom. The number of nitrogens with zero attached hydrogens (tertiary/aromatic N) is 1. The normalized spacial score (nSPS) is 11.2. The van der Waals surface area contributed by atoms with E-state index in [4.69, 9.17) is 0 Å². The highest BCUT2D eigenvalue weighted by Crippen LogP contribution is 2.28. The minimum Gasteiger partial charge on any atom is -0.350 e. The van der Waals surface area contributed by atoms with Gasteiger partial charge in [0.2, 0.25) is 5.91 Å². The predicted molar refractivity (Wildman–Crippen MR) is 129 cm³/mol. The van der Waals surface area contributed by atoms with E-state index in [2.05, 4.69) is 20.3 Å². The van der Waals surface area contributed by atoms with Gasteiger partial charge in [0, 0.05) is 35.4 Å². The van der Waals surface area contributed by atoms with Crippen LogP contribution in [0.25, 0.3) is 0 Å². The van der Waals surface area contributed by atoms with Crippen LogP contribution in [0.2, 0.25) is 0 Å². The molecule has 0 atom stereocenters. The molecule has 0 aliphatic carbocycles. The van der Waals surface area contributed by atoms with Crippen LogP contribution in [-0.4, -0.2) is 31.3 Å². The molecule has 1 heterocycles. The number of pyridine rings is 1. The summed E-state index contributed by atoms with van der Waals surface area (Å²) in [6.07, 6.45) is 1.53. The van der Waals surface area contributed by atoms with Crippen molar-refractivity contribution in [2.24, 2.45) is 0 Å². The first-order valence-electron chi connectivity index (χ1n) is 10.1. The van der Waals surface area contributed by atoms with Crippen LogP contribution < -0.4 is 15.4 Å². The molecular weight excluding hydrogens is 460 g/mol. The number of carbonyl (C=O) groups excluding carboxylic acids is 2. The third-order valence-corrected chi connectivity index (χ3v) is 6.59. The van der Waals surface area contributed by atoms with Crippen LogP contribution in [0, 0.1) is 0 Å². The van der Waals surface area contributed by atoms with Crippen molar-refractivity contribution >= 4 is 45.0 Å². The van der Waals surface area contributed by atoms with Crippen LogP contribution in [0.5, 0.6) is 0 Å². The summed E-state index contributed by atoms with van der Waals surface area (Å²) < 4.78 is 27.8. The molecule has 10 heteroatoms. The second-order valence-electron chi connectivity index (χ2n) is 7.45. The number of nitrogens with one attached hydrogen (secondary N) is 3. The smallest absolute Gasteiger partial charge is 0.261 e. The Balaban J connectivity index is 1.63. The Hall–Kier alpha value is -3.37. The van der Waals surface area contributed by atoms with E-state index in [-0.39, 0.29) is 22.8 Å². The number of hydrogen-bond donors (Lipinski definition) is 3. The lowest BCUT2D eigenvalue weighted by molar-refractivity contribution is -0.114. The van der Waals surface area contributed by atoms with Crippen LogP contribution in [0.15, 0.2) is 81.7 Å². The lowest BCUT2D eigenvalue weighted by Gasteiger charge is -2.10. The molecule has 33 heavy (non-hydrogen) atoms. The lowest BCUT2D eigenvalue weighted by atomic mass is 10.2. The van der Waals surface area contributed by atoms with Gasteiger partial charge in [-0.05, 0) is 74.5 Å². The van der Waals surface area contributed by atoms with Gasteiger partial charge in [-0.25, -0.2) is 13.4 Å². The van der Waals surface area contributed by atoms with Crippen LogP contribution in [-0.2, 0) is 14.8 Å². The molecule has 3 N–H and O–H groups in total. The van der Waals surface area contributed by atoms with E-state index in [1.807, 2.05) is 13.8 Å². The number of carbonyl (C=O) groups is 2. The molecule has 8 nitrogen and oxygen atoms in total. The van der Waals surface area contributed by atoms with Crippen molar-refractivity contribution in [1.82, 2.24) is 10.3 Å². The fourth-order valence-electron chi connectivity index (χ4n) is 2.77. The summed E-state index contributed by atoms with van der Waals surface area (Å²) in [5, 5.41) is 6.12. The zero-order valence-electron chi connectivity index (χ0n) is 18.3. The van der Waals surface area contributed by atoms with E-state index in [9.17, 15) is 18.0 Å². The molecule has 3 aromatic rings. The van der Waals surface area contributed by atoms with Gasteiger partial charge in [0.15, 0.2) is 0 Å². The number of amides is 2. The Labute approximate surface area is 197 Å². The topological polar surface area (TPSA) is 117 Å². The van der Waals surface area contributed by atoms with Gasteiger partial charge in [-0.3, -0.25) is 14.3 Å². The molecule has 0 aliphatic rings. The fraction of sp³-hybridized carbons (Fsp3) is 0.174. The molecule has 2 amide bonds. The Morgan fingerprint density at radius 1 is 0.909 bits per heavy atom. The van der Waals surface area contributed by atoms with Gasteiger partial charge in [0.05, 0.1) is 10.5 Å². The van der Waals surface area contributed by atoms with E-state index in [1.54, 1.807) is 36.4 Å². The van der Waals surface area contributed by atoms with E-state index < -0.39 is 10.0 Å². The third kappa shape index (κ3) is 7.06. The first-order chi connectivity index (χ1) is 15.6. The molecule has 3 rings (SSSR count). The van der Waals surface area contributed by atoms with Gasteiger partial charge in [-0.15, -0.1) is 0 Å². The van der Waals surface area contributed by atoms with Crippen LogP contribution in [0.1, 0.15) is 31.1 Å². The third-order valence-electron chi connectivity index (χ3n) is 4.23. The first kappa shape index (κ1) is 24.3. The molecular formula is C23H24N4O4S2. The quantitative estimate of drug-likeness (QED) is 0.443. The maximum atomic E-state index is 12.6. The number of benzene rings is 2. The SMILES string of the molecule is CC(=O)Nc1ccc(S(=O)(=O)Nc2ccc(Sc3ccc(C(=O)NC(C)C)cn3)cc2)cc1. The molecule has 0 bridgehead atoms. The maximum Gasteiger partial charge on any atom is 0.261 e. The summed E-state index contributed by atoms with van der Waals surface area (Å²) in [5.41, 5.74) is 1.42. The zero-order valence-corrected chi connectivity index (χ0v) is 20.0. The maximum absolute atomic E-state index is 12.6. The van der Waals surface area contributed by atoms with Crippen molar-refractivity contribution in [1.29, 1.82) is 0 Å². The van der Waals surface area contributed by atoms with E-state index >= 15 is 0 Å². The van der Waals surface area contributed by atoms with Gasteiger partial charge in [-0.1, -0.05) is 11.8 Å². The minimum absolute atomic E-state index is 0.0468. The molecule has 0 saturated carbocycles. The summed E-state index contributed by atoms with van der Waals surface area (Å²) in [4.78, 5) is 28.4. The Kier molecular flexibility index (Phi) is 7.72. The fourth-order valence-corrected chi connectivity index (χ4v) is 4.58. The highest BCUT2D eigenvalue weighted by Gasteiger charge is 2.14. The molecule has 0 radical (unpaired) electrons. The van der Waals surface area contributed by atoms with Crippen LogP contribution in [0.4, 0.5) is 11.4 Å². The standard InChI is InChI=1S/C23H24N4O4S2/c1-15(2)25-23(29)17-4-13-22(24-14-17)32-20-9-5-19(6-10-20)27-33(30,31)21-11-7-18(8-12-21)26-16(3)28/h4-15,27H,1-3H3,(H,25,29)(H,26,28). The van der Waals surface area contributed by atoms with Crippen molar-refractivity contribution < 1.29 is 18.0 Å². The zero-order chi connectivity index (χ0) is 24.0. The first-order valence-corrected chi connectivity index (χ1v) is 12.4. The summed E-state index contributed by atoms with van der Waals surface area (Å²) in [7, 11) is -3.77. The molecule has 0 unspecified atom stereocenters. The number of rotatable bonds is 8. The molecule has 0 saturated heterocycles. The number of sulfonamides is 1. The van der Waals surface area contributed by atoms with Crippen molar-refractivity contribution in [3.8, 4) is 0 Å². The number of hydrogen-bond acceptors (Lipinski definition) is 6. The average molecular weight is 485 g/mol. The largest absolute Gasteiger partial charge is 0.350 e. The second kappa shape index (κ2) is 10.5. The van der Waals surface area contributed by atoms with Crippen molar-refractivity contribution in [3.63, 3.8) is 0 Å². The van der Waals surface area contributed by atoms with Gasteiger partial charge >= 0.3 is 0 Å². The summed E-state index contributed by atoms with van der Waals surface area (Å²) in [6, 6.07) is 16.3. The number of anilines is 2. The van der Waals surface area contributed by atoms with Gasteiger partial charge in [0.25, 0.3) is 15.9 Å². The summed E-state index contributed by atoms with van der Waals surface area (Å²) in [5.74, 6) is -0.403. The highest BCUT2D eigenvalue weighted by molar-refractivity contribution is 7.99. The van der Waals surface area contributed by atoms with Crippen molar-refractivity contribution in [3.05, 3.63) is 72.4 Å². The van der Waals surface area contributed by atoms with Gasteiger partial charge in [-0.2, -0.15) is 0 Å². The second-order valence-corrected chi connectivity index (χ2v) is 10.2. The monoisotopic (exact) mass is 484 g/mol. The molecule has 172 valence electrons. The van der Waals surface area contributed by atoms with Gasteiger partial charge < -0.3 is 10.6 Å². The molecule has 0 aliphatic heterocycles. The molecule has 1 aromatic heterocycles. The summed E-state index contributed by atoms with van der Waals surface area (Å²) in [6.45, 7) is 5.16. The van der Waals surface area contributed by atoms with Gasteiger partial charge in [0.1, 0.15) is 5.03 Å².